The summed E-state index contributed by atoms with van der Waals surface area (Å²) in [6, 6.07) is 0. The smallest absolute Gasteiger partial charge is 0.309 e. The monoisotopic (exact) mass is 273 g/mol. The van der Waals surface area contributed by atoms with Crippen molar-refractivity contribution in [3.63, 3.8) is 0 Å². The third-order valence-corrected chi connectivity index (χ3v) is 3.62. The van der Waals surface area contributed by atoms with Gasteiger partial charge in [-0.25, -0.2) is 0 Å². The van der Waals surface area contributed by atoms with E-state index in [4.69, 9.17) is 19.9 Å². The van der Waals surface area contributed by atoms with E-state index >= 15 is 0 Å². The van der Waals surface area contributed by atoms with E-state index in [1.807, 2.05) is 0 Å². The molecule has 112 valence electrons. The van der Waals surface area contributed by atoms with Gasteiger partial charge in [0.15, 0.2) is 0 Å². The highest BCUT2D eigenvalue weighted by Gasteiger charge is 2.30. The Morgan fingerprint density at radius 1 is 1.16 bits per heavy atom. The van der Waals surface area contributed by atoms with E-state index < -0.39 is 0 Å². The number of nitrogens with two attached hydrogens (primary N) is 1. The number of carbonyl (C=O) groups excluding carboxylic acids is 1. The molecule has 2 atom stereocenters. The molecule has 0 aromatic carbocycles. The molecular weight excluding hydrogens is 246 g/mol. The van der Waals surface area contributed by atoms with E-state index in [0.29, 0.717) is 38.9 Å². The molecule has 0 radical (unpaired) electrons. The molecule has 0 heterocycles. The summed E-state index contributed by atoms with van der Waals surface area (Å²) >= 11 is 0. The largest absolute Gasteiger partial charge is 0.465 e. The zero-order valence-corrected chi connectivity index (χ0v) is 11.9. The lowest BCUT2D eigenvalue weighted by atomic mass is 9.79. The maximum Gasteiger partial charge on any atom is 0.309 e. The molecule has 0 aromatic rings. The molecule has 0 bridgehead atoms. The Morgan fingerprint density at radius 2 is 1.95 bits per heavy atom. The Labute approximate surface area is 115 Å². The van der Waals surface area contributed by atoms with Crippen molar-refractivity contribution >= 4 is 5.97 Å². The summed E-state index contributed by atoms with van der Waals surface area (Å²) in [6.07, 6.45) is 4.99. The number of hydrogen-bond donors (Lipinski definition) is 1. The third-order valence-electron chi connectivity index (χ3n) is 3.62. The normalized spacial score (nSPS) is 23.3. The molecular formula is C14H27NO4. The molecule has 1 aliphatic rings. The fourth-order valence-electron chi connectivity index (χ4n) is 2.49. The standard InChI is InChI=1S/C14H27NO4/c1-17-9-10-18-7-4-8-19-14(16)13-6-3-2-5-12(13)11-15/h12-13H,2-11,15H2,1H3. The molecule has 1 fully saturated rings. The minimum atomic E-state index is -0.0768. The van der Waals surface area contributed by atoms with E-state index in [-0.39, 0.29) is 11.9 Å². The van der Waals surface area contributed by atoms with Crippen LogP contribution >= 0.6 is 0 Å². The summed E-state index contributed by atoms with van der Waals surface area (Å²) in [5, 5.41) is 0. The summed E-state index contributed by atoms with van der Waals surface area (Å²) in [5.41, 5.74) is 5.71. The minimum Gasteiger partial charge on any atom is -0.465 e. The fraction of sp³-hybridized carbons (Fsp3) is 0.929. The lowest BCUT2D eigenvalue weighted by molar-refractivity contribution is -0.152. The Morgan fingerprint density at radius 3 is 2.68 bits per heavy atom. The second-order valence-corrected chi connectivity index (χ2v) is 5.01. The summed E-state index contributed by atoms with van der Waals surface area (Å²) in [4.78, 5) is 12.0. The van der Waals surface area contributed by atoms with Gasteiger partial charge in [-0.2, -0.15) is 0 Å². The van der Waals surface area contributed by atoms with Gasteiger partial charge in [0.2, 0.25) is 0 Å². The number of rotatable bonds is 9. The van der Waals surface area contributed by atoms with Gasteiger partial charge in [-0.1, -0.05) is 12.8 Å². The lowest BCUT2D eigenvalue weighted by Crippen LogP contribution is -2.33. The Hall–Kier alpha value is -0.650. The van der Waals surface area contributed by atoms with Gasteiger partial charge in [-0.05, 0) is 25.3 Å². The van der Waals surface area contributed by atoms with Crippen LogP contribution in [0.4, 0.5) is 0 Å². The zero-order valence-electron chi connectivity index (χ0n) is 11.9. The summed E-state index contributed by atoms with van der Waals surface area (Å²) in [7, 11) is 1.64. The fourth-order valence-corrected chi connectivity index (χ4v) is 2.49. The molecule has 0 saturated heterocycles. The second-order valence-electron chi connectivity index (χ2n) is 5.01. The van der Waals surface area contributed by atoms with Gasteiger partial charge in [0.1, 0.15) is 0 Å². The lowest BCUT2D eigenvalue weighted by Gasteiger charge is -2.28. The number of carbonyl (C=O) groups is 1. The van der Waals surface area contributed by atoms with Gasteiger partial charge in [-0.3, -0.25) is 4.79 Å². The number of esters is 1. The quantitative estimate of drug-likeness (QED) is 0.507. The van der Waals surface area contributed by atoms with E-state index in [9.17, 15) is 4.79 Å². The molecule has 19 heavy (non-hydrogen) atoms. The maximum absolute atomic E-state index is 12.0. The predicted octanol–water partition coefficient (Wildman–Crippen LogP) is 1.35. The van der Waals surface area contributed by atoms with E-state index in [0.717, 1.165) is 25.7 Å². The first kappa shape index (κ1) is 16.4. The number of methoxy groups -OCH3 is 1. The van der Waals surface area contributed by atoms with E-state index in [2.05, 4.69) is 0 Å². The average molecular weight is 273 g/mol. The van der Waals surface area contributed by atoms with Crippen LogP contribution in [0.3, 0.4) is 0 Å². The van der Waals surface area contributed by atoms with Crippen molar-refractivity contribution in [2.75, 3.05) is 40.1 Å². The van der Waals surface area contributed by atoms with Crippen LogP contribution in [0.25, 0.3) is 0 Å². The SMILES string of the molecule is COCCOCCCOC(=O)C1CCCCC1CN. The highest BCUT2D eigenvalue weighted by Crippen LogP contribution is 2.30. The van der Waals surface area contributed by atoms with Crippen molar-refractivity contribution in [2.45, 2.75) is 32.1 Å². The zero-order chi connectivity index (χ0) is 13.9. The van der Waals surface area contributed by atoms with Crippen LogP contribution in [0.15, 0.2) is 0 Å². The summed E-state index contributed by atoms with van der Waals surface area (Å²) < 4.78 is 15.5. The van der Waals surface area contributed by atoms with E-state index in [1.165, 1.54) is 6.42 Å². The maximum atomic E-state index is 12.0. The van der Waals surface area contributed by atoms with Crippen molar-refractivity contribution in [1.29, 1.82) is 0 Å². The summed E-state index contributed by atoms with van der Waals surface area (Å²) in [6.45, 7) is 2.80. The van der Waals surface area contributed by atoms with Crippen molar-refractivity contribution < 1.29 is 19.0 Å². The molecule has 5 nitrogen and oxygen atoms in total. The van der Waals surface area contributed by atoms with Crippen LogP contribution in [0.2, 0.25) is 0 Å². The number of ether oxygens (including phenoxy) is 3. The Balaban J connectivity index is 2.09. The van der Waals surface area contributed by atoms with Crippen molar-refractivity contribution in [2.24, 2.45) is 17.6 Å². The van der Waals surface area contributed by atoms with Crippen LogP contribution in [0, 0.1) is 11.8 Å². The molecule has 2 unspecified atom stereocenters. The van der Waals surface area contributed by atoms with E-state index in [1.54, 1.807) is 7.11 Å². The van der Waals surface area contributed by atoms with Crippen LogP contribution in [0.1, 0.15) is 32.1 Å². The predicted molar refractivity (Wildman–Crippen MR) is 72.8 cm³/mol. The molecule has 1 aliphatic carbocycles. The van der Waals surface area contributed by atoms with Gasteiger partial charge < -0.3 is 19.9 Å². The number of hydrogen-bond acceptors (Lipinski definition) is 5. The second kappa shape index (κ2) is 10.2. The topological polar surface area (TPSA) is 70.8 Å². The van der Waals surface area contributed by atoms with Crippen LogP contribution in [-0.2, 0) is 19.0 Å². The Kier molecular flexibility index (Phi) is 8.79. The van der Waals surface area contributed by atoms with Gasteiger partial charge in [0, 0.05) is 20.1 Å². The molecule has 1 saturated carbocycles. The molecule has 0 spiro atoms. The van der Waals surface area contributed by atoms with Gasteiger partial charge in [-0.15, -0.1) is 0 Å². The van der Waals surface area contributed by atoms with Crippen molar-refractivity contribution in [3.05, 3.63) is 0 Å². The molecule has 0 aromatic heterocycles. The first-order valence-corrected chi connectivity index (χ1v) is 7.23. The van der Waals surface area contributed by atoms with Crippen LogP contribution in [-0.4, -0.2) is 46.1 Å². The summed E-state index contributed by atoms with van der Waals surface area (Å²) in [5.74, 6) is 0.236. The van der Waals surface area contributed by atoms with Crippen LogP contribution < -0.4 is 5.73 Å². The van der Waals surface area contributed by atoms with Crippen molar-refractivity contribution in [3.8, 4) is 0 Å². The first-order valence-electron chi connectivity index (χ1n) is 7.23. The molecule has 0 aliphatic heterocycles. The molecule has 5 heteroatoms. The van der Waals surface area contributed by atoms with Gasteiger partial charge in [0.25, 0.3) is 0 Å². The molecule has 1 rings (SSSR count). The minimum absolute atomic E-state index is 0.00756. The highest BCUT2D eigenvalue weighted by atomic mass is 16.5. The van der Waals surface area contributed by atoms with Gasteiger partial charge in [0.05, 0.1) is 25.7 Å². The molecule has 0 amide bonds. The third kappa shape index (κ3) is 6.36. The average Bonchev–Trinajstić information content (AvgIpc) is 2.46. The van der Waals surface area contributed by atoms with Crippen LogP contribution in [0.5, 0.6) is 0 Å². The Bertz CT molecular complexity index is 248. The van der Waals surface area contributed by atoms with Crippen molar-refractivity contribution in [1.82, 2.24) is 0 Å². The first-order chi connectivity index (χ1) is 9.29. The molecule has 2 N–H and O–H groups in total. The van der Waals surface area contributed by atoms with Gasteiger partial charge >= 0.3 is 5.97 Å². The highest BCUT2D eigenvalue weighted by molar-refractivity contribution is 5.72.